The second kappa shape index (κ2) is 7.65. The summed E-state index contributed by atoms with van der Waals surface area (Å²) >= 11 is 0. The van der Waals surface area contributed by atoms with Crippen LogP contribution in [-0.4, -0.2) is 23.1 Å². The third-order valence-corrected chi connectivity index (χ3v) is 3.97. The molecular formula is C16H30O4. The van der Waals surface area contributed by atoms with E-state index in [0.717, 1.165) is 12.8 Å². The molecule has 0 aliphatic carbocycles. The van der Waals surface area contributed by atoms with E-state index in [1.165, 1.54) is 0 Å². The van der Waals surface area contributed by atoms with Crippen LogP contribution in [0, 0.1) is 23.2 Å². The minimum absolute atomic E-state index is 0.249. The van der Waals surface area contributed by atoms with E-state index in [4.69, 9.17) is 4.74 Å². The highest BCUT2D eigenvalue weighted by atomic mass is 16.5. The average Bonchev–Trinajstić information content (AvgIpc) is 2.25. The van der Waals surface area contributed by atoms with Crippen LogP contribution in [0.3, 0.4) is 0 Å². The van der Waals surface area contributed by atoms with Crippen molar-refractivity contribution in [3.63, 3.8) is 0 Å². The Labute approximate surface area is 122 Å². The van der Waals surface area contributed by atoms with Crippen LogP contribution >= 0.6 is 0 Å². The monoisotopic (exact) mass is 286 g/mol. The van der Waals surface area contributed by atoms with Gasteiger partial charge in [-0.05, 0) is 37.5 Å². The van der Waals surface area contributed by atoms with Crippen LogP contribution in [0.15, 0.2) is 0 Å². The van der Waals surface area contributed by atoms with Crippen molar-refractivity contribution in [3.8, 4) is 0 Å². The number of carbonyl (C=O) groups excluding carboxylic acids is 1. The van der Waals surface area contributed by atoms with Gasteiger partial charge in [0.15, 0.2) is 5.41 Å². The zero-order chi connectivity index (χ0) is 16.1. The second-order valence-corrected chi connectivity index (χ2v) is 6.67. The number of aliphatic carboxylic acids is 1. The SMILES string of the molecule is CC(C)CCC(C)OC(=O)C(C(=O)O)(C(C)C)C(C)C. The van der Waals surface area contributed by atoms with Crippen LogP contribution in [0.5, 0.6) is 0 Å². The highest BCUT2D eigenvalue weighted by Crippen LogP contribution is 2.38. The molecule has 1 N–H and O–H groups in total. The average molecular weight is 286 g/mol. The van der Waals surface area contributed by atoms with Crippen molar-refractivity contribution in [1.29, 1.82) is 0 Å². The van der Waals surface area contributed by atoms with Gasteiger partial charge in [0.25, 0.3) is 0 Å². The number of hydrogen-bond acceptors (Lipinski definition) is 3. The highest BCUT2D eigenvalue weighted by Gasteiger charge is 2.53. The number of carboxylic acids is 1. The molecule has 0 saturated carbocycles. The number of ether oxygens (including phenoxy) is 1. The Hall–Kier alpha value is -1.06. The molecule has 0 aromatic heterocycles. The molecule has 0 amide bonds. The summed E-state index contributed by atoms with van der Waals surface area (Å²) in [6, 6.07) is 0. The number of esters is 1. The Morgan fingerprint density at radius 1 is 0.950 bits per heavy atom. The van der Waals surface area contributed by atoms with Crippen LogP contribution < -0.4 is 0 Å². The first-order valence-corrected chi connectivity index (χ1v) is 7.51. The molecule has 0 aromatic rings. The summed E-state index contributed by atoms with van der Waals surface area (Å²) in [7, 11) is 0. The van der Waals surface area contributed by atoms with E-state index in [2.05, 4.69) is 13.8 Å². The van der Waals surface area contributed by atoms with Crippen molar-refractivity contribution in [2.75, 3.05) is 0 Å². The maximum Gasteiger partial charge on any atom is 0.324 e. The van der Waals surface area contributed by atoms with E-state index >= 15 is 0 Å². The minimum atomic E-state index is -1.47. The van der Waals surface area contributed by atoms with E-state index in [1.54, 1.807) is 27.7 Å². The predicted molar refractivity (Wildman–Crippen MR) is 79.4 cm³/mol. The third-order valence-electron chi connectivity index (χ3n) is 3.97. The molecule has 0 saturated heterocycles. The van der Waals surface area contributed by atoms with Crippen molar-refractivity contribution in [3.05, 3.63) is 0 Å². The summed E-state index contributed by atoms with van der Waals surface area (Å²) in [5.74, 6) is -1.79. The van der Waals surface area contributed by atoms with Crippen LogP contribution in [0.4, 0.5) is 0 Å². The largest absolute Gasteiger partial charge is 0.480 e. The van der Waals surface area contributed by atoms with Crippen molar-refractivity contribution in [1.82, 2.24) is 0 Å². The zero-order valence-corrected chi connectivity index (χ0v) is 13.9. The smallest absolute Gasteiger partial charge is 0.324 e. The molecule has 0 bridgehead atoms. The van der Waals surface area contributed by atoms with Gasteiger partial charge in [-0.2, -0.15) is 0 Å². The number of rotatable bonds is 8. The molecule has 0 fully saturated rings. The van der Waals surface area contributed by atoms with Gasteiger partial charge < -0.3 is 9.84 Å². The molecular weight excluding hydrogens is 256 g/mol. The summed E-state index contributed by atoms with van der Waals surface area (Å²) in [4.78, 5) is 24.1. The normalized spacial score (nSPS) is 13.9. The molecule has 20 heavy (non-hydrogen) atoms. The van der Waals surface area contributed by atoms with E-state index in [9.17, 15) is 14.7 Å². The Balaban J connectivity index is 5.03. The molecule has 0 radical (unpaired) electrons. The van der Waals surface area contributed by atoms with E-state index < -0.39 is 17.4 Å². The molecule has 0 aliphatic heterocycles. The van der Waals surface area contributed by atoms with Gasteiger partial charge in [0.1, 0.15) is 0 Å². The van der Waals surface area contributed by atoms with Gasteiger partial charge in [-0.15, -0.1) is 0 Å². The van der Waals surface area contributed by atoms with Gasteiger partial charge in [-0.3, -0.25) is 9.59 Å². The van der Waals surface area contributed by atoms with Crippen molar-refractivity contribution in [2.45, 2.75) is 67.4 Å². The summed E-state index contributed by atoms with van der Waals surface area (Å²) in [5, 5.41) is 9.57. The predicted octanol–water partition coefficient (Wildman–Crippen LogP) is 3.74. The lowest BCUT2D eigenvalue weighted by molar-refractivity contribution is -0.180. The number of carbonyl (C=O) groups is 2. The minimum Gasteiger partial charge on any atom is -0.480 e. The van der Waals surface area contributed by atoms with Gasteiger partial charge >= 0.3 is 11.9 Å². The first-order chi connectivity index (χ1) is 9.06. The van der Waals surface area contributed by atoms with Crippen molar-refractivity contribution >= 4 is 11.9 Å². The summed E-state index contributed by atoms with van der Waals surface area (Å²) in [5.41, 5.74) is -1.47. The Morgan fingerprint density at radius 3 is 1.70 bits per heavy atom. The van der Waals surface area contributed by atoms with Crippen LogP contribution in [0.1, 0.15) is 61.3 Å². The topological polar surface area (TPSA) is 63.6 Å². The highest BCUT2D eigenvalue weighted by molar-refractivity contribution is 5.99. The fraction of sp³-hybridized carbons (Fsp3) is 0.875. The lowest BCUT2D eigenvalue weighted by atomic mass is 9.69. The number of hydrogen-bond donors (Lipinski definition) is 1. The molecule has 1 unspecified atom stereocenters. The molecule has 1 atom stereocenters. The van der Waals surface area contributed by atoms with Gasteiger partial charge in [-0.25, -0.2) is 0 Å². The second-order valence-electron chi connectivity index (χ2n) is 6.67. The lowest BCUT2D eigenvalue weighted by Gasteiger charge is -2.35. The standard InChI is InChI=1S/C16H30O4/c1-10(2)8-9-13(7)20-15(19)16(11(3)4,12(5)6)14(17)18/h10-13H,8-9H2,1-7H3,(H,17,18). The summed E-state index contributed by atoms with van der Waals surface area (Å²) in [6.45, 7) is 13.1. The molecule has 4 nitrogen and oxygen atoms in total. The van der Waals surface area contributed by atoms with Crippen molar-refractivity contribution < 1.29 is 19.4 Å². The van der Waals surface area contributed by atoms with E-state index in [1.807, 2.05) is 6.92 Å². The maximum atomic E-state index is 12.4. The quantitative estimate of drug-likeness (QED) is 0.545. The first kappa shape index (κ1) is 18.9. The fourth-order valence-electron chi connectivity index (χ4n) is 2.63. The van der Waals surface area contributed by atoms with Gasteiger partial charge in [0.2, 0.25) is 0 Å². The molecule has 4 heteroatoms. The van der Waals surface area contributed by atoms with Gasteiger partial charge in [-0.1, -0.05) is 41.5 Å². The zero-order valence-electron chi connectivity index (χ0n) is 13.9. The molecule has 0 spiro atoms. The molecule has 0 heterocycles. The van der Waals surface area contributed by atoms with Crippen LogP contribution in [-0.2, 0) is 14.3 Å². The van der Waals surface area contributed by atoms with Gasteiger partial charge in [0, 0.05) is 0 Å². The lowest BCUT2D eigenvalue weighted by Crippen LogP contribution is -2.49. The Kier molecular flexibility index (Phi) is 7.25. The molecule has 0 rings (SSSR count). The number of carboxylic acid groups (broad SMARTS) is 1. The molecule has 0 aliphatic rings. The van der Waals surface area contributed by atoms with Gasteiger partial charge in [0.05, 0.1) is 6.10 Å². The third kappa shape index (κ3) is 4.22. The molecule has 118 valence electrons. The van der Waals surface area contributed by atoms with E-state index in [-0.39, 0.29) is 17.9 Å². The summed E-state index contributed by atoms with van der Waals surface area (Å²) < 4.78 is 5.43. The Bertz CT molecular complexity index is 323. The van der Waals surface area contributed by atoms with Crippen LogP contribution in [0.2, 0.25) is 0 Å². The van der Waals surface area contributed by atoms with E-state index in [0.29, 0.717) is 5.92 Å². The fourth-order valence-corrected chi connectivity index (χ4v) is 2.63. The maximum absolute atomic E-state index is 12.4. The first-order valence-electron chi connectivity index (χ1n) is 7.51. The molecule has 0 aromatic carbocycles. The summed E-state index contributed by atoms with van der Waals surface area (Å²) in [6.07, 6.45) is 1.47. The van der Waals surface area contributed by atoms with Crippen molar-refractivity contribution in [2.24, 2.45) is 23.2 Å². The Morgan fingerprint density at radius 2 is 1.40 bits per heavy atom. The van der Waals surface area contributed by atoms with Crippen LogP contribution in [0.25, 0.3) is 0 Å².